The summed E-state index contributed by atoms with van der Waals surface area (Å²) in [6.07, 6.45) is 0. The topological polar surface area (TPSA) is 49.9 Å². The molecule has 5 heteroatoms. The van der Waals surface area contributed by atoms with E-state index in [2.05, 4.69) is 0 Å². The summed E-state index contributed by atoms with van der Waals surface area (Å²) in [5, 5.41) is 0. The third-order valence-corrected chi connectivity index (χ3v) is 3.84. The number of methoxy groups -OCH3 is 1. The van der Waals surface area contributed by atoms with E-state index in [4.69, 9.17) is 4.74 Å². The fourth-order valence-electron chi connectivity index (χ4n) is 2.38. The van der Waals surface area contributed by atoms with Gasteiger partial charge in [0.15, 0.2) is 0 Å². The summed E-state index contributed by atoms with van der Waals surface area (Å²) in [5.74, 6) is 0.398. The summed E-state index contributed by atoms with van der Waals surface area (Å²) in [4.78, 5) is 27.5. The number of benzene rings is 2. The first-order chi connectivity index (χ1) is 11.5. The molecule has 0 fully saturated rings. The Labute approximate surface area is 142 Å². The highest BCUT2D eigenvalue weighted by Crippen LogP contribution is 2.19. The van der Waals surface area contributed by atoms with Gasteiger partial charge in [-0.2, -0.15) is 0 Å². The van der Waals surface area contributed by atoms with Crippen molar-refractivity contribution in [3.8, 4) is 5.75 Å². The van der Waals surface area contributed by atoms with Gasteiger partial charge in [-0.3, -0.25) is 9.59 Å². The average Bonchev–Trinajstić information content (AvgIpc) is 2.61. The van der Waals surface area contributed by atoms with Crippen molar-refractivity contribution in [3.63, 3.8) is 0 Å². The van der Waals surface area contributed by atoms with Crippen LogP contribution in [0, 0.1) is 0 Å². The number of carbonyl (C=O) groups is 2. The predicted octanol–water partition coefficient (Wildman–Crippen LogP) is 2.71. The van der Waals surface area contributed by atoms with Gasteiger partial charge in [0, 0.05) is 31.8 Å². The molecule has 0 aliphatic rings. The molecule has 24 heavy (non-hydrogen) atoms. The molecule has 0 N–H and O–H groups in total. The zero-order valence-corrected chi connectivity index (χ0v) is 14.2. The molecule has 0 aliphatic heterocycles. The van der Waals surface area contributed by atoms with Gasteiger partial charge in [0.25, 0.3) is 0 Å². The largest absolute Gasteiger partial charge is 0.496 e. The molecule has 0 unspecified atom stereocenters. The number of nitrogens with zero attached hydrogens (tertiary/aromatic N) is 2. The minimum Gasteiger partial charge on any atom is -0.496 e. The number of anilines is 1. The zero-order chi connectivity index (χ0) is 17.5. The average molecular weight is 326 g/mol. The Hall–Kier alpha value is -2.82. The van der Waals surface area contributed by atoms with Crippen LogP contribution in [-0.2, 0) is 16.1 Å². The number of ether oxygens (including phenoxy) is 1. The fraction of sp³-hybridized carbons (Fsp3) is 0.263. The van der Waals surface area contributed by atoms with E-state index in [9.17, 15) is 9.59 Å². The van der Waals surface area contributed by atoms with Gasteiger partial charge in [0.2, 0.25) is 11.8 Å². The number of para-hydroxylation sites is 2. The van der Waals surface area contributed by atoms with E-state index in [-0.39, 0.29) is 18.4 Å². The summed E-state index contributed by atoms with van der Waals surface area (Å²) in [5.41, 5.74) is 1.66. The van der Waals surface area contributed by atoms with E-state index in [1.807, 2.05) is 54.6 Å². The fourth-order valence-corrected chi connectivity index (χ4v) is 2.38. The monoisotopic (exact) mass is 326 g/mol. The van der Waals surface area contributed by atoms with Gasteiger partial charge in [0.05, 0.1) is 7.11 Å². The summed E-state index contributed by atoms with van der Waals surface area (Å²) in [6.45, 7) is 1.80. The minimum atomic E-state index is -0.157. The third kappa shape index (κ3) is 4.35. The van der Waals surface area contributed by atoms with Crippen LogP contribution in [-0.4, -0.2) is 37.4 Å². The molecule has 5 nitrogen and oxygen atoms in total. The van der Waals surface area contributed by atoms with Crippen molar-refractivity contribution in [2.75, 3.05) is 25.6 Å². The number of amides is 2. The van der Waals surface area contributed by atoms with Gasteiger partial charge in [-0.15, -0.1) is 0 Å². The lowest BCUT2D eigenvalue weighted by Crippen LogP contribution is -2.40. The number of hydrogen-bond acceptors (Lipinski definition) is 3. The van der Waals surface area contributed by atoms with Crippen molar-refractivity contribution >= 4 is 17.5 Å². The number of carbonyl (C=O) groups excluding carboxylic acids is 2. The van der Waals surface area contributed by atoms with Crippen LogP contribution in [0.2, 0.25) is 0 Å². The molecule has 0 bridgehead atoms. The molecule has 0 saturated carbocycles. The highest BCUT2D eigenvalue weighted by Gasteiger charge is 2.19. The van der Waals surface area contributed by atoms with Crippen LogP contribution in [0.4, 0.5) is 5.69 Å². The van der Waals surface area contributed by atoms with Crippen molar-refractivity contribution in [1.82, 2.24) is 4.90 Å². The van der Waals surface area contributed by atoms with Crippen LogP contribution in [0.25, 0.3) is 0 Å². The normalized spacial score (nSPS) is 10.1. The van der Waals surface area contributed by atoms with E-state index in [0.717, 1.165) is 11.3 Å². The Bertz CT molecular complexity index is 701. The summed E-state index contributed by atoms with van der Waals surface area (Å²) < 4.78 is 5.31. The van der Waals surface area contributed by atoms with Crippen LogP contribution in [0.1, 0.15) is 12.5 Å². The van der Waals surface area contributed by atoms with Crippen molar-refractivity contribution in [3.05, 3.63) is 60.2 Å². The van der Waals surface area contributed by atoms with E-state index >= 15 is 0 Å². The first-order valence-electron chi connectivity index (χ1n) is 7.72. The molecule has 2 aromatic rings. The molecule has 0 aliphatic carbocycles. The van der Waals surface area contributed by atoms with Crippen LogP contribution in [0.5, 0.6) is 5.75 Å². The number of rotatable bonds is 6. The second kappa shape index (κ2) is 8.15. The number of hydrogen-bond donors (Lipinski definition) is 0. The standard InChI is InChI=1S/C19H22N2O3/c1-15(22)21(13-16-9-7-8-12-18(16)24-3)14-19(23)20(2)17-10-5-4-6-11-17/h4-12H,13-14H2,1-3H3. The summed E-state index contributed by atoms with van der Waals surface area (Å²) >= 11 is 0. The molecular formula is C19H22N2O3. The lowest BCUT2D eigenvalue weighted by Gasteiger charge is -2.25. The third-order valence-electron chi connectivity index (χ3n) is 3.84. The first kappa shape index (κ1) is 17.5. The van der Waals surface area contributed by atoms with E-state index in [1.54, 1.807) is 19.1 Å². The highest BCUT2D eigenvalue weighted by molar-refractivity contribution is 5.96. The van der Waals surface area contributed by atoms with Crippen LogP contribution < -0.4 is 9.64 Å². The van der Waals surface area contributed by atoms with E-state index < -0.39 is 0 Å². The quantitative estimate of drug-likeness (QED) is 0.820. The van der Waals surface area contributed by atoms with Crippen LogP contribution >= 0.6 is 0 Å². The lowest BCUT2D eigenvalue weighted by molar-refractivity contribution is -0.134. The summed E-state index contributed by atoms with van der Waals surface area (Å²) in [7, 11) is 3.30. The Morgan fingerprint density at radius 2 is 1.62 bits per heavy atom. The van der Waals surface area contributed by atoms with Gasteiger partial charge >= 0.3 is 0 Å². The Morgan fingerprint density at radius 3 is 2.25 bits per heavy atom. The molecule has 0 heterocycles. The smallest absolute Gasteiger partial charge is 0.246 e. The SMILES string of the molecule is COc1ccccc1CN(CC(=O)N(C)c1ccccc1)C(C)=O. The van der Waals surface area contributed by atoms with E-state index in [0.29, 0.717) is 12.3 Å². The Balaban J connectivity index is 2.11. The van der Waals surface area contributed by atoms with Crippen molar-refractivity contribution in [1.29, 1.82) is 0 Å². The molecule has 0 aromatic heterocycles. The molecule has 0 spiro atoms. The Kier molecular flexibility index (Phi) is 5.95. The second-order valence-electron chi connectivity index (χ2n) is 5.48. The van der Waals surface area contributed by atoms with Gasteiger partial charge in [0.1, 0.15) is 12.3 Å². The lowest BCUT2D eigenvalue weighted by atomic mass is 10.2. The van der Waals surface area contributed by atoms with Crippen molar-refractivity contribution < 1.29 is 14.3 Å². The highest BCUT2D eigenvalue weighted by atomic mass is 16.5. The molecular weight excluding hydrogens is 304 g/mol. The van der Waals surface area contributed by atoms with Crippen molar-refractivity contribution in [2.24, 2.45) is 0 Å². The molecule has 0 radical (unpaired) electrons. The van der Waals surface area contributed by atoms with Gasteiger partial charge in [-0.25, -0.2) is 0 Å². The molecule has 2 rings (SSSR count). The molecule has 126 valence electrons. The van der Waals surface area contributed by atoms with Gasteiger partial charge < -0.3 is 14.5 Å². The van der Waals surface area contributed by atoms with Crippen LogP contribution in [0.3, 0.4) is 0 Å². The van der Waals surface area contributed by atoms with E-state index in [1.165, 1.54) is 11.8 Å². The predicted molar refractivity (Wildman–Crippen MR) is 93.9 cm³/mol. The van der Waals surface area contributed by atoms with Gasteiger partial charge in [-0.1, -0.05) is 36.4 Å². The van der Waals surface area contributed by atoms with Crippen LogP contribution in [0.15, 0.2) is 54.6 Å². The molecule has 2 aromatic carbocycles. The zero-order valence-electron chi connectivity index (χ0n) is 14.2. The molecule has 2 amide bonds. The minimum absolute atomic E-state index is 0.0127. The maximum absolute atomic E-state index is 12.5. The maximum Gasteiger partial charge on any atom is 0.246 e. The molecule has 0 saturated heterocycles. The van der Waals surface area contributed by atoms with Crippen molar-refractivity contribution in [2.45, 2.75) is 13.5 Å². The maximum atomic E-state index is 12.5. The second-order valence-corrected chi connectivity index (χ2v) is 5.48. The number of likely N-dealkylation sites (N-methyl/N-ethyl adjacent to an activating group) is 1. The summed E-state index contributed by atoms with van der Waals surface area (Å²) in [6, 6.07) is 16.8. The first-order valence-corrected chi connectivity index (χ1v) is 7.72. The molecule has 0 atom stereocenters. The van der Waals surface area contributed by atoms with Gasteiger partial charge in [-0.05, 0) is 18.2 Å². The Morgan fingerprint density at radius 1 is 1.00 bits per heavy atom.